The second-order valence-electron chi connectivity index (χ2n) is 7.83. The minimum atomic E-state index is 0.158. The highest BCUT2D eigenvalue weighted by molar-refractivity contribution is 6.39. The van der Waals surface area contributed by atoms with E-state index in [-0.39, 0.29) is 11.7 Å². The van der Waals surface area contributed by atoms with E-state index in [1.807, 2.05) is 18.2 Å². The fourth-order valence-corrected chi connectivity index (χ4v) is 5.01. The van der Waals surface area contributed by atoms with Crippen molar-refractivity contribution in [2.45, 2.75) is 31.6 Å². The molecule has 0 bridgehead atoms. The molecular weight excluding hydrogens is 415 g/mol. The van der Waals surface area contributed by atoms with Crippen molar-refractivity contribution in [3.8, 4) is 11.4 Å². The predicted molar refractivity (Wildman–Crippen MR) is 123 cm³/mol. The number of H-pyrrole nitrogens is 1. The van der Waals surface area contributed by atoms with Crippen LogP contribution in [0.2, 0.25) is 10.0 Å². The Kier molecular flexibility index (Phi) is 5.10. The van der Waals surface area contributed by atoms with Crippen LogP contribution in [0.3, 0.4) is 0 Å². The molecule has 1 aliphatic rings. The summed E-state index contributed by atoms with van der Waals surface area (Å²) in [7, 11) is 0. The lowest BCUT2D eigenvalue weighted by molar-refractivity contribution is 0.0971. The first-order chi connectivity index (χ1) is 14.6. The van der Waals surface area contributed by atoms with Gasteiger partial charge in [-0.05, 0) is 66.6 Å². The van der Waals surface area contributed by atoms with Gasteiger partial charge in [-0.1, -0.05) is 53.5 Å². The number of fused-ring (bicyclic) bond motifs is 2. The number of rotatable bonds is 4. The second kappa shape index (κ2) is 7.90. The van der Waals surface area contributed by atoms with Gasteiger partial charge in [0, 0.05) is 12.0 Å². The summed E-state index contributed by atoms with van der Waals surface area (Å²) in [6, 6.07) is 19.5. The third kappa shape index (κ3) is 3.53. The normalized spacial score (nSPS) is 15.9. The number of ketones is 1. The first kappa shape index (κ1) is 19.3. The highest BCUT2D eigenvalue weighted by Gasteiger charge is 2.23. The molecular formula is C25H20Cl2N2O. The maximum atomic E-state index is 13.1. The molecule has 1 heterocycles. The average Bonchev–Trinajstić information content (AvgIpc) is 3.16. The number of hydrogen-bond donors (Lipinski definition) is 1. The van der Waals surface area contributed by atoms with Crippen LogP contribution in [0.1, 0.15) is 46.7 Å². The molecule has 1 unspecified atom stereocenters. The van der Waals surface area contributed by atoms with Gasteiger partial charge in [-0.25, -0.2) is 4.98 Å². The molecule has 4 aromatic rings. The molecule has 0 aliphatic heterocycles. The van der Waals surface area contributed by atoms with E-state index in [9.17, 15) is 4.79 Å². The molecule has 5 rings (SSSR count). The van der Waals surface area contributed by atoms with Crippen LogP contribution in [0.4, 0.5) is 0 Å². The van der Waals surface area contributed by atoms with Crippen LogP contribution in [-0.2, 0) is 6.42 Å². The molecule has 0 fully saturated rings. The molecule has 3 aromatic carbocycles. The smallest absolute Gasteiger partial charge is 0.163 e. The zero-order valence-electron chi connectivity index (χ0n) is 16.3. The topological polar surface area (TPSA) is 45.8 Å². The molecule has 1 atom stereocenters. The highest BCUT2D eigenvalue weighted by atomic mass is 35.5. The van der Waals surface area contributed by atoms with E-state index < -0.39 is 0 Å². The van der Waals surface area contributed by atoms with E-state index in [0.29, 0.717) is 33.4 Å². The molecule has 1 aromatic heterocycles. The number of carbonyl (C=O) groups is 1. The third-order valence-electron chi connectivity index (χ3n) is 5.93. The van der Waals surface area contributed by atoms with Crippen molar-refractivity contribution in [1.82, 2.24) is 9.97 Å². The quantitative estimate of drug-likeness (QED) is 0.344. The second-order valence-corrected chi connectivity index (χ2v) is 8.64. The Morgan fingerprint density at radius 3 is 2.67 bits per heavy atom. The van der Waals surface area contributed by atoms with Crippen LogP contribution in [0.5, 0.6) is 0 Å². The fraction of sp³-hybridized carbons (Fsp3) is 0.200. The van der Waals surface area contributed by atoms with Gasteiger partial charge in [0.1, 0.15) is 5.82 Å². The summed E-state index contributed by atoms with van der Waals surface area (Å²) in [5.74, 6) is 1.05. The number of imidazole rings is 1. The van der Waals surface area contributed by atoms with Crippen molar-refractivity contribution in [2.75, 3.05) is 0 Å². The minimum absolute atomic E-state index is 0.158. The molecule has 1 N–H and O–H groups in total. The van der Waals surface area contributed by atoms with Crippen molar-refractivity contribution < 1.29 is 4.79 Å². The summed E-state index contributed by atoms with van der Waals surface area (Å²) in [5, 5.41) is 1.07. The number of benzene rings is 3. The van der Waals surface area contributed by atoms with Crippen LogP contribution in [-0.4, -0.2) is 15.8 Å². The van der Waals surface area contributed by atoms with E-state index in [2.05, 4.69) is 34.2 Å². The molecule has 5 heteroatoms. The van der Waals surface area contributed by atoms with Crippen LogP contribution >= 0.6 is 23.2 Å². The van der Waals surface area contributed by atoms with Gasteiger partial charge >= 0.3 is 0 Å². The Morgan fingerprint density at radius 2 is 1.83 bits per heavy atom. The minimum Gasteiger partial charge on any atom is -0.338 e. The van der Waals surface area contributed by atoms with Crippen LogP contribution in [0.15, 0.2) is 60.7 Å². The number of aryl methyl sites for hydroxylation is 1. The van der Waals surface area contributed by atoms with Gasteiger partial charge in [0.25, 0.3) is 0 Å². The van der Waals surface area contributed by atoms with E-state index in [0.717, 1.165) is 30.3 Å². The Hall–Kier alpha value is -2.62. The first-order valence-corrected chi connectivity index (χ1v) is 10.9. The van der Waals surface area contributed by atoms with Gasteiger partial charge in [-0.15, -0.1) is 0 Å². The van der Waals surface area contributed by atoms with Crippen molar-refractivity contribution >= 4 is 40.0 Å². The zero-order chi connectivity index (χ0) is 20.7. The third-order valence-corrected chi connectivity index (χ3v) is 6.56. The van der Waals surface area contributed by atoms with Gasteiger partial charge in [0.15, 0.2) is 5.78 Å². The number of nitrogens with zero attached hydrogens (tertiary/aromatic N) is 1. The lowest BCUT2D eigenvalue weighted by Gasteiger charge is -2.25. The number of aromatic nitrogens is 2. The summed E-state index contributed by atoms with van der Waals surface area (Å²) in [6.07, 6.45) is 3.83. The number of aromatic amines is 1. The molecule has 0 spiro atoms. The average molecular weight is 435 g/mol. The molecule has 0 radical (unpaired) electrons. The van der Waals surface area contributed by atoms with Crippen LogP contribution < -0.4 is 0 Å². The van der Waals surface area contributed by atoms with E-state index >= 15 is 0 Å². The summed E-state index contributed by atoms with van der Waals surface area (Å²) < 4.78 is 0. The fourth-order valence-electron chi connectivity index (χ4n) is 4.43. The number of hydrogen-bond acceptors (Lipinski definition) is 2. The predicted octanol–water partition coefficient (Wildman–Crippen LogP) is 7.23. The first-order valence-electron chi connectivity index (χ1n) is 10.2. The molecule has 150 valence electrons. The molecule has 0 saturated heterocycles. The zero-order valence-corrected chi connectivity index (χ0v) is 17.8. The van der Waals surface area contributed by atoms with Gasteiger partial charge in [0.05, 0.1) is 26.6 Å². The van der Waals surface area contributed by atoms with Gasteiger partial charge < -0.3 is 4.98 Å². The van der Waals surface area contributed by atoms with Crippen molar-refractivity contribution in [1.29, 1.82) is 0 Å². The van der Waals surface area contributed by atoms with E-state index in [4.69, 9.17) is 23.2 Å². The summed E-state index contributed by atoms with van der Waals surface area (Å²) >= 11 is 12.6. The lowest BCUT2D eigenvalue weighted by Crippen LogP contribution is -2.14. The Bertz CT molecular complexity index is 1240. The Balaban J connectivity index is 1.44. The Morgan fingerprint density at radius 1 is 1.03 bits per heavy atom. The largest absolute Gasteiger partial charge is 0.338 e. The van der Waals surface area contributed by atoms with Gasteiger partial charge in [-0.3, -0.25) is 4.79 Å². The van der Waals surface area contributed by atoms with Crippen molar-refractivity contribution in [2.24, 2.45) is 0 Å². The monoisotopic (exact) mass is 434 g/mol. The SMILES string of the molecule is O=C(CC1CCCc2ccccc21)c1ccc2nc(-c3c(Cl)cccc3Cl)[nH]c2c1. The van der Waals surface area contributed by atoms with Gasteiger partial charge in [0.2, 0.25) is 0 Å². The maximum absolute atomic E-state index is 13.1. The molecule has 1 aliphatic carbocycles. The number of halogens is 2. The van der Waals surface area contributed by atoms with Crippen molar-refractivity contribution in [3.63, 3.8) is 0 Å². The van der Waals surface area contributed by atoms with Crippen LogP contribution in [0.25, 0.3) is 22.4 Å². The van der Waals surface area contributed by atoms with Crippen molar-refractivity contribution in [3.05, 3.63) is 87.4 Å². The standard InChI is InChI=1S/C25H20Cl2N2O/c26-19-9-4-10-20(27)24(19)25-28-21-12-11-17(13-22(21)29-25)23(30)14-16-7-3-6-15-5-1-2-8-18(15)16/h1-2,4-5,8-13,16H,3,6-7,14H2,(H,28,29). The highest BCUT2D eigenvalue weighted by Crippen LogP contribution is 2.36. The van der Waals surface area contributed by atoms with Crippen LogP contribution in [0, 0.1) is 0 Å². The number of carbonyl (C=O) groups excluding carboxylic acids is 1. The maximum Gasteiger partial charge on any atom is 0.163 e. The lowest BCUT2D eigenvalue weighted by atomic mass is 9.79. The van der Waals surface area contributed by atoms with E-state index in [1.165, 1.54) is 11.1 Å². The number of Topliss-reactive ketones (excluding diaryl/α,β-unsaturated/α-hetero) is 1. The Labute approximate surface area is 185 Å². The number of nitrogens with one attached hydrogen (secondary N) is 1. The summed E-state index contributed by atoms with van der Waals surface area (Å²) in [6.45, 7) is 0. The summed E-state index contributed by atoms with van der Waals surface area (Å²) in [4.78, 5) is 21.0. The molecule has 0 amide bonds. The van der Waals surface area contributed by atoms with Gasteiger partial charge in [-0.2, -0.15) is 0 Å². The summed E-state index contributed by atoms with van der Waals surface area (Å²) in [5.41, 5.74) is 5.66. The molecule has 3 nitrogen and oxygen atoms in total. The molecule has 30 heavy (non-hydrogen) atoms. The van der Waals surface area contributed by atoms with E-state index in [1.54, 1.807) is 18.2 Å². The molecule has 0 saturated carbocycles.